The van der Waals surface area contributed by atoms with Crippen LogP contribution in [0.15, 0.2) is 48.5 Å². The van der Waals surface area contributed by atoms with E-state index in [2.05, 4.69) is 10.6 Å². The number of hydrogen-bond donors (Lipinski definition) is 2. The summed E-state index contributed by atoms with van der Waals surface area (Å²) in [5, 5.41) is 6.67. The summed E-state index contributed by atoms with van der Waals surface area (Å²) >= 11 is 5.34. The number of hydrogen-bond acceptors (Lipinski definition) is 4. The van der Waals surface area contributed by atoms with E-state index in [1.807, 2.05) is 44.2 Å². The van der Waals surface area contributed by atoms with Crippen molar-refractivity contribution in [1.29, 1.82) is 0 Å². The molecule has 2 rings (SSSR count). The Hall–Kier alpha value is -2.32. The smallest absolute Gasteiger partial charge is 0.231 e. The number of para-hydroxylation sites is 1. The molecule has 2 aromatic rings. The molecule has 27 heavy (non-hydrogen) atoms. The fourth-order valence-electron chi connectivity index (χ4n) is 2.34. The molecule has 1 atom stereocenters. The van der Waals surface area contributed by atoms with Gasteiger partial charge < -0.3 is 15.4 Å². The van der Waals surface area contributed by atoms with Crippen molar-refractivity contribution < 1.29 is 13.2 Å². The largest absolute Gasteiger partial charge is 0.491 e. The van der Waals surface area contributed by atoms with Crippen molar-refractivity contribution >= 4 is 38.7 Å². The fraction of sp³-hybridized carbons (Fsp3) is 0.316. The van der Waals surface area contributed by atoms with Crippen molar-refractivity contribution in [3.8, 4) is 5.75 Å². The highest BCUT2D eigenvalue weighted by Crippen LogP contribution is 2.20. The Kier molecular flexibility index (Phi) is 7.04. The van der Waals surface area contributed by atoms with Gasteiger partial charge >= 0.3 is 0 Å². The zero-order chi connectivity index (χ0) is 20.0. The number of rotatable bonds is 7. The van der Waals surface area contributed by atoms with Crippen LogP contribution in [-0.2, 0) is 10.0 Å². The maximum atomic E-state index is 11.7. The van der Waals surface area contributed by atoms with Crippen LogP contribution in [0.3, 0.4) is 0 Å². The molecule has 0 spiro atoms. The van der Waals surface area contributed by atoms with Crippen LogP contribution in [0.25, 0.3) is 0 Å². The number of nitrogens with one attached hydrogen (secondary N) is 2. The first-order valence-electron chi connectivity index (χ1n) is 8.46. The molecule has 146 valence electrons. The first-order chi connectivity index (χ1) is 12.7. The molecule has 0 aliphatic heterocycles. The number of aryl methyl sites for hydroxylation is 1. The van der Waals surface area contributed by atoms with E-state index in [9.17, 15) is 8.42 Å². The van der Waals surface area contributed by atoms with Crippen LogP contribution in [0.4, 0.5) is 11.4 Å². The summed E-state index contributed by atoms with van der Waals surface area (Å²) in [6, 6.07) is 14.9. The molecule has 2 N–H and O–H groups in total. The van der Waals surface area contributed by atoms with Gasteiger partial charge in [-0.15, -0.1) is 0 Å². The number of benzene rings is 2. The van der Waals surface area contributed by atoms with E-state index in [1.54, 1.807) is 18.2 Å². The summed E-state index contributed by atoms with van der Waals surface area (Å²) in [5.41, 5.74) is 2.34. The fourth-order valence-corrected chi connectivity index (χ4v) is 3.15. The Bertz CT molecular complexity index is 901. The maximum Gasteiger partial charge on any atom is 0.231 e. The minimum absolute atomic E-state index is 0.00789. The van der Waals surface area contributed by atoms with Gasteiger partial charge in [-0.3, -0.25) is 4.31 Å². The Balaban J connectivity index is 1.91. The molecule has 0 saturated carbocycles. The topological polar surface area (TPSA) is 70.7 Å². The molecule has 0 heterocycles. The quantitative estimate of drug-likeness (QED) is 0.687. The molecule has 0 aliphatic rings. The number of thiocarbonyl (C=S) groups is 1. The van der Waals surface area contributed by atoms with Crippen molar-refractivity contribution in [1.82, 2.24) is 5.32 Å². The van der Waals surface area contributed by atoms with Crippen molar-refractivity contribution in [2.24, 2.45) is 0 Å². The predicted molar refractivity (Wildman–Crippen MR) is 115 cm³/mol. The third kappa shape index (κ3) is 6.41. The molecule has 0 unspecified atom stereocenters. The van der Waals surface area contributed by atoms with Gasteiger partial charge in [0.1, 0.15) is 12.4 Å². The van der Waals surface area contributed by atoms with Crippen molar-refractivity contribution in [2.45, 2.75) is 19.9 Å². The van der Waals surface area contributed by atoms with E-state index >= 15 is 0 Å². The first kappa shape index (κ1) is 21.0. The molecule has 0 bridgehead atoms. The average molecular weight is 408 g/mol. The first-order valence-corrected chi connectivity index (χ1v) is 10.7. The lowest BCUT2D eigenvalue weighted by molar-refractivity contribution is 0.285. The van der Waals surface area contributed by atoms with Crippen LogP contribution in [0, 0.1) is 6.92 Å². The molecule has 0 amide bonds. The highest BCUT2D eigenvalue weighted by Gasteiger charge is 2.12. The van der Waals surface area contributed by atoms with Gasteiger partial charge in [-0.2, -0.15) is 0 Å². The van der Waals surface area contributed by atoms with Crippen molar-refractivity contribution in [3.05, 3.63) is 54.1 Å². The number of sulfonamides is 1. The Morgan fingerprint density at radius 2 is 1.93 bits per heavy atom. The molecule has 2 aromatic carbocycles. The standard InChI is InChI=1S/C19H25N3O3S2/c1-14-8-5-6-11-18(14)25-13-15(2)20-19(26)21-16-9-7-10-17(12-16)22(3)27(4,23)24/h5-12,15H,13H2,1-4H3,(H2,20,21,26)/t15-/m0/s1. The van der Waals surface area contributed by atoms with Gasteiger partial charge in [0.2, 0.25) is 10.0 Å². The Morgan fingerprint density at radius 1 is 1.22 bits per heavy atom. The number of nitrogens with zero attached hydrogens (tertiary/aromatic N) is 1. The highest BCUT2D eigenvalue weighted by molar-refractivity contribution is 7.92. The van der Waals surface area contributed by atoms with Gasteiger partial charge in [-0.25, -0.2) is 8.42 Å². The van der Waals surface area contributed by atoms with Gasteiger partial charge in [-0.1, -0.05) is 24.3 Å². The molecule has 0 saturated heterocycles. The molecule has 0 aliphatic carbocycles. The number of anilines is 2. The maximum absolute atomic E-state index is 11.7. The molecule has 0 fully saturated rings. The van der Waals surface area contributed by atoms with E-state index in [1.165, 1.54) is 11.4 Å². The summed E-state index contributed by atoms with van der Waals surface area (Å²) in [6.07, 6.45) is 1.16. The highest BCUT2D eigenvalue weighted by atomic mass is 32.2. The van der Waals surface area contributed by atoms with Crippen molar-refractivity contribution in [3.63, 3.8) is 0 Å². The minimum Gasteiger partial charge on any atom is -0.491 e. The lowest BCUT2D eigenvalue weighted by Crippen LogP contribution is -2.39. The third-order valence-corrected chi connectivity index (χ3v) is 5.35. The Morgan fingerprint density at radius 3 is 2.59 bits per heavy atom. The van der Waals surface area contributed by atoms with Gasteiger partial charge in [0.25, 0.3) is 0 Å². The molecular weight excluding hydrogens is 382 g/mol. The van der Waals surface area contributed by atoms with Crippen LogP contribution >= 0.6 is 12.2 Å². The van der Waals surface area contributed by atoms with E-state index in [-0.39, 0.29) is 6.04 Å². The molecule has 0 aromatic heterocycles. The van der Waals surface area contributed by atoms with Gasteiger partial charge in [0, 0.05) is 12.7 Å². The second-order valence-corrected chi connectivity index (χ2v) is 8.78. The van der Waals surface area contributed by atoms with Crippen molar-refractivity contribution in [2.75, 3.05) is 29.5 Å². The zero-order valence-electron chi connectivity index (χ0n) is 15.9. The lowest BCUT2D eigenvalue weighted by atomic mass is 10.2. The molecule has 8 heteroatoms. The summed E-state index contributed by atoms with van der Waals surface area (Å²) < 4.78 is 30.4. The van der Waals surface area contributed by atoms with Gasteiger partial charge in [0.15, 0.2) is 5.11 Å². The van der Waals surface area contributed by atoms with Crippen LogP contribution in [0.1, 0.15) is 12.5 Å². The van der Waals surface area contributed by atoms with Crippen LogP contribution in [0.2, 0.25) is 0 Å². The third-order valence-electron chi connectivity index (χ3n) is 3.93. The summed E-state index contributed by atoms with van der Waals surface area (Å²) in [4.78, 5) is 0. The normalized spacial score (nSPS) is 12.1. The lowest BCUT2D eigenvalue weighted by Gasteiger charge is -2.20. The Labute approximate surface area is 166 Å². The summed E-state index contributed by atoms with van der Waals surface area (Å²) in [7, 11) is -1.81. The van der Waals surface area contributed by atoms with Crippen LogP contribution in [-0.4, -0.2) is 39.5 Å². The van der Waals surface area contributed by atoms with Gasteiger partial charge in [0.05, 0.1) is 18.0 Å². The summed E-state index contributed by atoms with van der Waals surface area (Å²) in [5.74, 6) is 0.849. The second-order valence-electron chi connectivity index (χ2n) is 6.36. The van der Waals surface area contributed by atoms with E-state index < -0.39 is 10.0 Å². The number of ether oxygens (including phenoxy) is 1. The second kappa shape index (κ2) is 9.05. The minimum atomic E-state index is -3.32. The van der Waals surface area contributed by atoms with E-state index in [0.717, 1.165) is 17.6 Å². The molecule has 0 radical (unpaired) electrons. The van der Waals surface area contributed by atoms with Crippen LogP contribution in [0.5, 0.6) is 5.75 Å². The molecule has 6 nitrogen and oxygen atoms in total. The monoisotopic (exact) mass is 407 g/mol. The van der Waals surface area contributed by atoms with E-state index in [0.29, 0.717) is 23.1 Å². The average Bonchev–Trinajstić information content (AvgIpc) is 2.59. The SMILES string of the molecule is Cc1ccccc1OC[C@H](C)NC(=S)Nc1cccc(N(C)S(C)(=O)=O)c1. The zero-order valence-corrected chi connectivity index (χ0v) is 17.5. The van der Waals surface area contributed by atoms with E-state index in [4.69, 9.17) is 17.0 Å². The molecular formula is C19H25N3O3S2. The van der Waals surface area contributed by atoms with Gasteiger partial charge in [-0.05, 0) is 55.9 Å². The summed E-state index contributed by atoms with van der Waals surface area (Å²) in [6.45, 7) is 4.43. The van der Waals surface area contributed by atoms with Crippen LogP contribution < -0.4 is 19.7 Å². The predicted octanol–water partition coefficient (Wildman–Crippen LogP) is 3.14.